The zero-order valence-corrected chi connectivity index (χ0v) is 8.52. The van der Waals surface area contributed by atoms with Gasteiger partial charge in [0.15, 0.2) is 7.85 Å². The van der Waals surface area contributed by atoms with Crippen molar-refractivity contribution in [3.8, 4) is 0 Å². The number of rotatable bonds is 2. The second kappa shape index (κ2) is 4.48. The second-order valence-corrected chi connectivity index (χ2v) is 4.52. The highest BCUT2D eigenvalue weighted by Gasteiger charge is 2.19. The average molecular weight is 195 g/mol. The molecule has 13 heavy (non-hydrogen) atoms. The van der Waals surface area contributed by atoms with Crippen LogP contribution in [0.4, 0.5) is 0 Å². The fourth-order valence-corrected chi connectivity index (χ4v) is 2.49. The van der Waals surface area contributed by atoms with Gasteiger partial charge >= 0.3 is 0 Å². The number of nitrogens with zero attached hydrogens (tertiary/aromatic N) is 2. The van der Waals surface area contributed by atoms with E-state index in [-0.39, 0.29) is 0 Å². The molecule has 1 N–H and O–H groups in total. The third-order valence-corrected chi connectivity index (χ3v) is 3.36. The van der Waals surface area contributed by atoms with Crippen molar-refractivity contribution >= 4 is 24.6 Å². The van der Waals surface area contributed by atoms with E-state index >= 15 is 0 Å². The Bertz CT molecular complexity index is 204. The highest BCUT2D eigenvalue weighted by atomic mass is 32.2. The molecule has 0 spiro atoms. The van der Waals surface area contributed by atoms with E-state index in [4.69, 9.17) is 7.85 Å². The van der Waals surface area contributed by atoms with Crippen LogP contribution in [0.1, 0.15) is 0 Å². The van der Waals surface area contributed by atoms with Crippen LogP contribution in [0.25, 0.3) is 0 Å². The summed E-state index contributed by atoms with van der Waals surface area (Å²) >= 11 is 1.68. The molecule has 5 heteroatoms. The summed E-state index contributed by atoms with van der Waals surface area (Å²) in [6.07, 6.45) is 0. The van der Waals surface area contributed by atoms with Gasteiger partial charge in [0.25, 0.3) is 0 Å². The number of piperazine rings is 1. The SMILES string of the molecule is [B]C1=NC(CN2CCNCC2)CS1. The van der Waals surface area contributed by atoms with Crippen molar-refractivity contribution in [1.29, 1.82) is 0 Å². The molecule has 0 aromatic heterocycles. The predicted octanol–water partition coefficient (Wildman–Crippen LogP) is -0.468. The third-order valence-electron chi connectivity index (χ3n) is 2.41. The minimum atomic E-state index is 0.433. The Morgan fingerprint density at radius 1 is 1.54 bits per heavy atom. The topological polar surface area (TPSA) is 27.6 Å². The molecule has 1 unspecified atom stereocenters. The van der Waals surface area contributed by atoms with Crippen LogP contribution in [0.3, 0.4) is 0 Å². The fraction of sp³-hybridized carbons (Fsp3) is 0.875. The van der Waals surface area contributed by atoms with Crippen LogP contribution >= 0.6 is 11.8 Å². The Balaban J connectivity index is 1.77. The van der Waals surface area contributed by atoms with Crippen molar-refractivity contribution in [3.05, 3.63) is 0 Å². The van der Waals surface area contributed by atoms with Gasteiger partial charge in [0.05, 0.1) is 6.04 Å². The summed E-state index contributed by atoms with van der Waals surface area (Å²) in [5, 5.41) is 3.34. The molecule has 0 aromatic carbocycles. The molecule has 1 fully saturated rings. The van der Waals surface area contributed by atoms with Crippen molar-refractivity contribution in [2.75, 3.05) is 38.5 Å². The summed E-state index contributed by atoms with van der Waals surface area (Å²) in [5.41, 5.74) is 0. The second-order valence-electron chi connectivity index (χ2n) is 3.48. The van der Waals surface area contributed by atoms with Crippen molar-refractivity contribution in [2.45, 2.75) is 6.04 Å². The van der Waals surface area contributed by atoms with Crippen molar-refractivity contribution < 1.29 is 0 Å². The number of nitrogens with one attached hydrogen (secondary N) is 1. The maximum absolute atomic E-state index is 5.61. The van der Waals surface area contributed by atoms with Gasteiger partial charge in [-0.05, 0) is 0 Å². The van der Waals surface area contributed by atoms with E-state index in [0.29, 0.717) is 6.04 Å². The van der Waals surface area contributed by atoms with Gasteiger partial charge in [-0.15, -0.1) is 11.8 Å². The van der Waals surface area contributed by atoms with E-state index in [1.165, 1.54) is 0 Å². The first-order valence-corrected chi connectivity index (χ1v) is 5.72. The molecule has 3 nitrogen and oxygen atoms in total. The lowest BCUT2D eigenvalue weighted by molar-refractivity contribution is 0.233. The van der Waals surface area contributed by atoms with E-state index in [1.807, 2.05) is 0 Å². The molecule has 1 saturated heterocycles. The lowest BCUT2D eigenvalue weighted by atomic mass is 10.2. The lowest BCUT2D eigenvalue weighted by Gasteiger charge is -2.28. The Kier molecular flexibility index (Phi) is 3.30. The van der Waals surface area contributed by atoms with Gasteiger partial charge in [0.1, 0.15) is 0 Å². The maximum Gasteiger partial charge on any atom is 0.150 e. The summed E-state index contributed by atoms with van der Waals surface area (Å²) in [6.45, 7) is 5.60. The zero-order valence-electron chi connectivity index (χ0n) is 7.70. The number of hydrogen-bond acceptors (Lipinski definition) is 4. The maximum atomic E-state index is 5.61. The number of thioether (sulfide) groups is 1. The first kappa shape index (κ1) is 9.56. The summed E-state index contributed by atoms with van der Waals surface area (Å²) < 4.78 is 0. The molecule has 2 aliphatic rings. The molecule has 0 aromatic rings. The summed E-state index contributed by atoms with van der Waals surface area (Å²) in [4.78, 5) is 7.60. The molecular formula is C8H14BN3S. The van der Waals surface area contributed by atoms with Crippen molar-refractivity contribution in [1.82, 2.24) is 10.2 Å². The first-order chi connectivity index (χ1) is 6.34. The molecule has 70 valence electrons. The normalized spacial score (nSPS) is 30.5. The van der Waals surface area contributed by atoms with Crippen LogP contribution in [-0.2, 0) is 0 Å². The molecule has 2 radical (unpaired) electrons. The monoisotopic (exact) mass is 195 g/mol. The minimum absolute atomic E-state index is 0.433. The van der Waals surface area contributed by atoms with Gasteiger partial charge in [-0.25, -0.2) is 0 Å². The van der Waals surface area contributed by atoms with E-state index in [2.05, 4.69) is 15.2 Å². The van der Waals surface area contributed by atoms with Crippen molar-refractivity contribution in [3.63, 3.8) is 0 Å². The standard InChI is InChI=1S/C8H14BN3S/c9-8-11-7(6-13-8)5-12-3-1-10-2-4-12/h7,10H,1-6H2. The Hall–Kier alpha value is 0.00494. The molecule has 1 atom stereocenters. The fourth-order valence-electron chi connectivity index (χ4n) is 1.72. The molecule has 2 heterocycles. The van der Waals surface area contributed by atoms with Gasteiger partial charge in [-0.3, -0.25) is 9.89 Å². The first-order valence-electron chi connectivity index (χ1n) is 4.74. The number of hydrogen-bond donors (Lipinski definition) is 1. The quantitative estimate of drug-likeness (QED) is 0.604. The Labute approximate surface area is 84.8 Å². The van der Waals surface area contributed by atoms with Gasteiger partial charge in [-0.1, -0.05) is 0 Å². The van der Waals surface area contributed by atoms with E-state index in [0.717, 1.165) is 43.4 Å². The molecule has 0 saturated carbocycles. The van der Waals surface area contributed by atoms with E-state index < -0.39 is 0 Å². The Morgan fingerprint density at radius 2 is 2.31 bits per heavy atom. The molecule has 0 aliphatic carbocycles. The molecular weight excluding hydrogens is 181 g/mol. The molecule has 2 aliphatic heterocycles. The van der Waals surface area contributed by atoms with Gasteiger partial charge < -0.3 is 5.32 Å². The van der Waals surface area contributed by atoms with E-state index in [1.54, 1.807) is 11.8 Å². The van der Waals surface area contributed by atoms with Crippen LogP contribution in [-0.4, -0.2) is 62.2 Å². The third kappa shape index (κ3) is 2.72. The minimum Gasteiger partial charge on any atom is -0.314 e. The molecule has 0 bridgehead atoms. The highest BCUT2D eigenvalue weighted by Crippen LogP contribution is 2.16. The predicted molar refractivity (Wildman–Crippen MR) is 58.7 cm³/mol. The zero-order chi connectivity index (χ0) is 9.10. The largest absolute Gasteiger partial charge is 0.314 e. The van der Waals surface area contributed by atoms with Crippen LogP contribution in [0.2, 0.25) is 0 Å². The van der Waals surface area contributed by atoms with Crippen LogP contribution < -0.4 is 5.32 Å². The van der Waals surface area contributed by atoms with Crippen LogP contribution in [0.5, 0.6) is 0 Å². The molecule has 2 rings (SSSR count). The van der Waals surface area contributed by atoms with Crippen LogP contribution in [0.15, 0.2) is 4.99 Å². The highest BCUT2D eigenvalue weighted by molar-refractivity contribution is 8.16. The summed E-state index contributed by atoms with van der Waals surface area (Å²) in [5.74, 6) is 1.07. The van der Waals surface area contributed by atoms with Crippen molar-refractivity contribution in [2.24, 2.45) is 4.99 Å². The lowest BCUT2D eigenvalue weighted by Crippen LogP contribution is -2.46. The van der Waals surface area contributed by atoms with Gasteiger partial charge in [0.2, 0.25) is 0 Å². The van der Waals surface area contributed by atoms with Gasteiger partial charge in [-0.2, -0.15) is 0 Å². The molecule has 0 amide bonds. The smallest absolute Gasteiger partial charge is 0.150 e. The van der Waals surface area contributed by atoms with E-state index in [9.17, 15) is 0 Å². The Morgan fingerprint density at radius 3 is 2.92 bits per heavy atom. The number of aliphatic imine (C=N–C) groups is 1. The summed E-state index contributed by atoms with van der Waals surface area (Å²) in [7, 11) is 5.61. The van der Waals surface area contributed by atoms with Gasteiger partial charge in [0, 0.05) is 43.4 Å². The average Bonchev–Trinajstić information content (AvgIpc) is 2.53. The van der Waals surface area contributed by atoms with Crippen LogP contribution in [0, 0.1) is 0 Å². The summed E-state index contributed by atoms with van der Waals surface area (Å²) in [6, 6.07) is 0.433.